The number of sulfonamides is 1. The van der Waals surface area contributed by atoms with Crippen LogP contribution in [0.2, 0.25) is 0 Å². The second kappa shape index (κ2) is 6.11. The van der Waals surface area contributed by atoms with E-state index >= 15 is 0 Å². The van der Waals surface area contributed by atoms with Gasteiger partial charge in [-0.05, 0) is 57.5 Å². The molecule has 1 atom stereocenters. The summed E-state index contributed by atoms with van der Waals surface area (Å²) in [6.07, 6.45) is 2.42. The molecule has 6 heteroatoms. The molecule has 0 radical (unpaired) electrons. The minimum absolute atomic E-state index is 0.156. The fourth-order valence-electron chi connectivity index (χ4n) is 2.59. The van der Waals surface area contributed by atoms with Gasteiger partial charge in [-0.1, -0.05) is 0 Å². The normalized spacial score (nSPS) is 19.5. The Labute approximate surface area is 121 Å². The Morgan fingerprint density at radius 3 is 2.45 bits per heavy atom. The standard InChI is InChI=1S/C14H23N3O2S/c1-11(2)17(10-12-4-3-9-16-12)13-5-7-14(8-6-13)20(15,18)19/h5-8,11-12,16H,3-4,9-10H2,1-2H3,(H2,15,18,19). The van der Waals surface area contributed by atoms with Gasteiger partial charge in [0.1, 0.15) is 0 Å². The largest absolute Gasteiger partial charge is 0.368 e. The summed E-state index contributed by atoms with van der Waals surface area (Å²) in [6.45, 7) is 6.30. The predicted molar refractivity (Wildman–Crippen MR) is 81.3 cm³/mol. The van der Waals surface area contributed by atoms with E-state index in [4.69, 9.17) is 5.14 Å². The first kappa shape index (κ1) is 15.3. The second-order valence-corrected chi connectivity index (χ2v) is 7.14. The number of primary sulfonamides is 1. The third kappa shape index (κ3) is 3.71. The highest BCUT2D eigenvalue weighted by molar-refractivity contribution is 7.89. The molecule has 3 N–H and O–H groups in total. The maximum atomic E-state index is 11.3. The van der Waals surface area contributed by atoms with E-state index in [9.17, 15) is 8.42 Å². The topological polar surface area (TPSA) is 75.4 Å². The molecule has 0 saturated carbocycles. The molecule has 0 aromatic heterocycles. The lowest BCUT2D eigenvalue weighted by Gasteiger charge is -2.31. The summed E-state index contributed by atoms with van der Waals surface area (Å²) in [5.41, 5.74) is 1.03. The van der Waals surface area contributed by atoms with E-state index in [2.05, 4.69) is 24.1 Å². The molecule has 5 nitrogen and oxygen atoms in total. The van der Waals surface area contributed by atoms with Crippen molar-refractivity contribution in [3.8, 4) is 0 Å². The van der Waals surface area contributed by atoms with Crippen molar-refractivity contribution in [1.29, 1.82) is 0 Å². The number of hydrogen-bond acceptors (Lipinski definition) is 4. The highest BCUT2D eigenvalue weighted by atomic mass is 32.2. The van der Waals surface area contributed by atoms with Crippen LogP contribution in [0.15, 0.2) is 29.2 Å². The minimum atomic E-state index is -3.62. The average Bonchev–Trinajstić information content (AvgIpc) is 2.87. The van der Waals surface area contributed by atoms with Crippen molar-refractivity contribution in [3.05, 3.63) is 24.3 Å². The van der Waals surface area contributed by atoms with Crippen LogP contribution in [-0.4, -0.2) is 33.6 Å². The Kier molecular flexibility index (Phi) is 4.67. The van der Waals surface area contributed by atoms with E-state index < -0.39 is 10.0 Å². The molecular weight excluding hydrogens is 274 g/mol. The van der Waals surface area contributed by atoms with Gasteiger partial charge in [0.2, 0.25) is 10.0 Å². The lowest BCUT2D eigenvalue weighted by Crippen LogP contribution is -2.41. The molecule has 1 heterocycles. The maximum Gasteiger partial charge on any atom is 0.238 e. The van der Waals surface area contributed by atoms with Crippen molar-refractivity contribution in [2.75, 3.05) is 18.0 Å². The van der Waals surface area contributed by atoms with Crippen molar-refractivity contribution < 1.29 is 8.42 Å². The molecule has 1 unspecified atom stereocenters. The molecule has 20 heavy (non-hydrogen) atoms. The fraction of sp³-hybridized carbons (Fsp3) is 0.571. The zero-order chi connectivity index (χ0) is 14.8. The SMILES string of the molecule is CC(C)N(CC1CCCN1)c1ccc(S(N)(=O)=O)cc1. The Morgan fingerprint density at radius 1 is 1.35 bits per heavy atom. The van der Waals surface area contributed by atoms with Crippen molar-refractivity contribution in [1.82, 2.24) is 5.32 Å². The Morgan fingerprint density at radius 2 is 2.00 bits per heavy atom. The third-order valence-electron chi connectivity index (χ3n) is 3.70. The van der Waals surface area contributed by atoms with Crippen molar-refractivity contribution in [3.63, 3.8) is 0 Å². The van der Waals surface area contributed by atoms with Gasteiger partial charge in [0, 0.05) is 24.3 Å². The summed E-state index contributed by atoms with van der Waals surface area (Å²) in [6, 6.07) is 7.67. The van der Waals surface area contributed by atoms with Gasteiger partial charge in [-0.2, -0.15) is 0 Å². The van der Waals surface area contributed by atoms with Crippen LogP contribution in [-0.2, 0) is 10.0 Å². The first-order valence-electron chi connectivity index (χ1n) is 7.01. The van der Waals surface area contributed by atoms with Crippen LogP contribution < -0.4 is 15.4 Å². The van der Waals surface area contributed by atoms with Gasteiger partial charge < -0.3 is 10.2 Å². The van der Waals surface area contributed by atoms with Gasteiger partial charge in [0.25, 0.3) is 0 Å². The summed E-state index contributed by atoms with van der Waals surface area (Å²) >= 11 is 0. The summed E-state index contributed by atoms with van der Waals surface area (Å²) in [5, 5.41) is 8.61. The van der Waals surface area contributed by atoms with Crippen LogP contribution >= 0.6 is 0 Å². The molecule has 2 rings (SSSR count). The van der Waals surface area contributed by atoms with E-state index in [0.29, 0.717) is 12.1 Å². The second-order valence-electron chi connectivity index (χ2n) is 5.58. The smallest absolute Gasteiger partial charge is 0.238 e. The van der Waals surface area contributed by atoms with Crippen molar-refractivity contribution in [2.24, 2.45) is 5.14 Å². The zero-order valence-electron chi connectivity index (χ0n) is 12.0. The van der Waals surface area contributed by atoms with Crippen molar-refractivity contribution in [2.45, 2.75) is 43.7 Å². The molecule has 1 aromatic carbocycles. The Bertz CT molecular complexity index is 534. The van der Waals surface area contributed by atoms with Crippen LogP contribution in [0.25, 0.3) is 0 Å². The van der Waals surface area contributed by atoms with Gasteiger partial charge in [0.15, 0.2) is 0 Å². The average molecular weight is 297 g/mol. The molecule has 1 saturated heterocycles. The molecule has 1 fully saturated rings. The fourth-order valence-corrected chi connectivity index (χ4v) is 3.11. The van der Waals surface area contributed by atoms with Crippen LogP contribution in [0.4, 0.5) is 5.69 Å². The highest BCUT2D eigenvalue weighted by Gasteiger charge is 2.20. The molecular formula is C14H23N3O2S. The zero-order valence-corrected chi connectivity index (χ0v) is 12.9. The molecule has 0 amide bonds. The molecule has 0 spiro atoms. The Hall–Kier alpha value is -1.11. The van der Waals surface area contributed by atoms with Gasteiger partial charge >= 0.3 is 0 Å². The quantitative estimate of drug-likeness (QED) is 0.859. The van der Waals surface area contributed by atoms with E-state index in [1.165, 1.54) is 12.8 Å². The summed E-state index contributed by atoms with van der Waals surface area (Å²) < 4.78 is 22.6. The molecule has 0 bridgehead atoms. The van der Waals surface area contributed by atoms with Crippen LogP contribution in [0.5, 0.6) is 0 Å². The first-order chi connectivity index (χ1) is 9.38. The van der Waals surface area contributed by atoms with E-state index in [1.807, 2.05) is 12.1 Å². The van der Waals surface area contributed by atoms with E-state index in [-0.39, 0.29) is 4.90 Å². The summed E-state index contributed by atoms with van der Waals surface area (Å²) in [7, 11) is -3.62. The third-order valence-corrected chi connectivity index (χ3v) is 4.63. The number of anilines is 1. The highest BCUT2D eigenvalue weighted by Crippen LogP contribution is 2.21. The number of nitrogens with one attached hydrogen (secondary N) is 1. The number of rotatable bonds is 5. The van der Waals surface area contributed by atoms with E-state index in [1.54, 1.807) is 12.1 Å². The number of nitrogens with zero attached hydrogens (tertiary/aromatic N) is 1. The maximum absolute atomic E-state index is 11.3. The molecule has 1 aliphatic rings. The number of nitrogens with two attached hydrogens (primary N) is 1. The number of benzene rings is 1. The van der Waals surface area contributed by atoms with Crippen LogP contribution in [0.1, 0.15) is 26.7 Å². The lowest BCUT2D eigenvalue weighted by molar-refractivity contribution is 0.552. The first-order valence-corrected chi connectivity index (χ1v) is 8.55. The molecule has 0 aliphatic carbocycles. The van der Waals surface area contributed by atoms with Gasteiger partial charge in [-0.3, -0.25) is 0 Å². The minimum Gasteiger partial charge on any atom is -0.368 e. The monoisotopic (exact) mass is 297 g/mol. The van der Waals surface area contributed by atoms with Crippen molar-refractivity contribution >= 4 is 15.7 Å². The lowest BCUT2D eigenvalue weighted by atomic mass is 10.1. The van der Waals surface area contributed by atoms with E-state index in [0.717, 1.165) is 18.8 Å². The molecule has 1 aliphatic heterocycles. The molecule has 1 aromatic rings. The molecule has 112 valence electrons. The number of hydrogen-bond donors (Lipinski definition) is 2. The Balaban J connectivity index is 2.16. The van der Waals surface area contributed by atoms with Gasteiger partial charge in [-0.25, -0.2) is 13.6 Å². The van der Waals surface area contributed by atoms with Gasteiger partial charge in [-0.15, -0.1) is 0 Å². The summed E-state index contributed by atoms with van der Waals surface area (Å²) in [5.74, 6) is 0. The van der Waals surface area contributed by atoms with Crippen LogP contribution in [0, 0.1) is 0 Å². The van der Waals surface area contributed by atoms with Crippen LogP contribution in [0.3, 0.4) is 0 Å². The predicted octanol–water partition coefficient (Wildman–Crippen LogP) is 1.30. The summed E-state index contributed by atoms with van der Waals surface area (Å²) in [4.78, 5) is 2.44. The van der Waals surface area contributed by atoms with Gasteiger partial charge in [0.05, 0.1) is 4.90 Å².